The Kier molecular flexibility index (Phi) is 4.13. The Morgan fingerprint density at radius 3 is 2.57 bits per heavy atom. The molecule has 6 nitrogen and oxygen atoms in total. The van der Waals surface area contributed by atoms with Crippen LogP contribution in [0.25, 0.3) is 21.9 Å². The van der Waals surface area contributed by atoms with Crippen LogP contribution < -0.4 is 10.1 Å². The van der Waals surface area contributed by atoms with Gasteiger partial charge in [0.15, 0.2) is 0 Å². The van der Waals surface area contributed by atoms with Gasteiger partial charge in [0.2, 0.25) is 5.95 Å². The molecule has 0 saturated carbocycles. The Morgan fingerprint density at radius 2 is 1.73 bits per heavy atom. The van der Waals surface area contributed by atoms with Crippen molar-refractivity contribution in [1.29, 1.82) is 0 Å². The minimum atomic E-state index is -2.97. The maximum absolute atomic E-state index is 13.9. The predicted octanol–water partition coefficient (Wildman–Crippen LogP) is 6.09. The molecular formula is C22H17F2N5O. The van der Waals surface area contributed by atoms with E-state index in [9.17, 15) is 8.78 Å². The number of imidazole rings is 1. The number of ether oxygens (including phenoxy) is 1. The lowest BCUT2D eigenvalue weighted by molar-refractivity contribution is 0.0183. The zero-order chi connectivity index (χ0) is 20.7. The third-order valence-corrected chi connectivity index (χ3v) is 4.76. The Hall–Kier alpha value is -3.94. The summed E-state index contributed by atoms with van der Waals surface area (Å²) < 4.78 is 33.7. The summed E-state index contributed by atoms with van der Waals surface area (Å²) in [6.45, 7) is 0.871. The van der Waals surface area contributed by atoms with Gasteiger partial charge in [-0.25, -0.2) is 13.8 Å². The van der Waals surface area contributed by atoms with Crippen molar-refractivity contribution in [2.75, 3.05) is 5.32 Å². The zero-order valence-electron chi connectivity index (χ0n) is 15.9. The zero-order valence-corrected chi connectivity index (χ0v) is 15.9. The molecule has 0 fully saturated rings. The van der Waals surface area contributed by atoms with E-state index in [2.05, 4.69) is 25.5 Å². The summed E-state index contributed by atoms with van der Waals surface area (Å²) in [5.74, 6) is -1.30. The van der Waals surface area contributed by atoms with Crippen LogP contribution in [0, 0.1) is 0 Å². The van der Waals surface area contributed by atoms with Gasteiger partial charge in [0.05, 0.1) is 28.4 Å². The van der Waals surface area contributed by atoms with Gasteiger partial charge in [0, 0.05) is 30.0 Å². The standard InChI is InChI=1S/C22H17F2N5O/c1-22(23,24)16-4-2-3-5-17(16)26-21-27-18-9-8-15(11-20(18)28-21)30-14-7-6-13-12-25-29-19(13)10-14/h2-12H,1H3,(H,25,29)(H2,26,27,28). The molecule has 3 N–H and O–H groups in total. The Labute approximate surface area is 169 Å². The number of hydrogen-bond acceptors (Lipinski definition) is 4. The van der Waals surface area contributed by atoms with Crippen LogP contribution in [0.2, 0.25) is 0 Å². The van der Waals surface area contributed by atoms with E-state index >= 15 is 0 Å². The van der Waals surface area contributed by atoms with Crippen LogP contribution in [0.5, 0.6) is 11.5 Å². The summed E-state index contributed by atoms with van der Waals surface area (Å²) in [5, 5.41) is 10.9. The largest absolute Gasteiger partial charge is 0.457 e. The van der Waals surface area contributed by atoms with Crippen molar-refractivity contribution in [3.63, 3.8) is 0 Å². The van der Waals surface area contributed by atoms with Gasteiger partial charge in [-0.15, -0.1) is 0 Å². The molecule has 0 atom stereocenters. The summed E-state index contributed by atoms with van der Waals surface area (Å²) in [4.78, 5) is 7.54. The third-order valence-electron chi connectivity index (χ3n) is 4.76. The summed E-state index contributed by atoms with van der Waals surface area (Å²) in [6.07, 6.45) is 1.75. The maximum atomic E-state index is 13.9. The molecule has 0 saturated heterocycles. The fourth-order valence-electron chi connectivity index (χ4n) is 3.33. The second-order valence-corrected chi connectivity index (χ2v) is 7.04. The van der Waals surface area contributed by atoms with E-state index in [0.717, 1.165) is 23.3 Å². The van der Waals surface area contributed by atoms with E-state index in [0.29, 0.717) is 28.7 Å². The number of aromatic amines is 2. The maximum Gasteiger partial charge on any atom is 0.272 e. The molecule has 0 amide bonds. The molecule has 150 valence electrons. The summed E-state index contributed by atoms with van der Waals surface area (Å²) >= 11 is 0. The van der Waals surface area contributed by atoms with Gasteiger partial charge in [0.1, 0.15) is 11.5 Å². The van der Waals surface area contributed by atoms with Gasteiger partial charge in [0.25, 0.3) is 5.92 Å². The smallest absolute Gasteiger partial charge is 0.272 e. The van der Waals surface area contributed by atoms with Crippen molar-refractivity contribution < 1.29 is 13.5 Å². The third kappa shape index (κ3) is 3.43. The highest BCUT2D eigenvalue weighted by Crippen LogP contribution is 2.34. The molecule has 2 aromatic heterocycles. The molecule has 30 heavy (non-hydrogen) atoms. The van der Waals surface area contributed by atoms with Crippen LogP contribution >= 0.6 is 0 Å². The van der Waals surface area contributed by atoms with Crippen LogP contribution in [0.15, 0.2) is 66.9 Å². The molecule has 0 unspecified atom stereocenters. The highest BCUT2D eigenvalue weighted by Gasteiger charge is 2.27. The highest BCUT2D eigenvalue weighted by atomic mass is 19.3. The van der Waals surface area contributed by atoms with Crippen molar-refractivity contribution in [2.45, 2.75) is 12.8 Å². The van der Waals surface area contributed by atoms with E-state index in [4.69, 9.17) is 4.74 Å². The molecule has 0 aliphatic heterocycles. The predicted molar refractivity (Wildman–Crippen MR) is 112 cm³/mol. The molecule has 5 rings (SSSR count). The molecule has 8 heteroatoms. The van der Waals surface area contributed by atoms with Crippen LogP contribution in [0.4, 0.5) is 20.4 Å². The lowest BCUT2D eigenvalue weighted by atomic mass is 10.1. The first-order valence-electron chi connectivity index (χ1n) is 9.31. The quantitative estimate of drug-likeness (QED) is 0.331. The molecule has 0 aliphatic rings. The van der Waals surface area contributed by atoms with Gasteiger partial charge < -0.3 is 15.0 Å². The molecule has 0 radical (unpaired) electrons. The van der Waals surface area contributed by atoms with E-state index in [1.807, 2.05) is 24.3 Å². The number of fused-ring (bicyclic) bond motifs is 2. The van der Waals surface area contributed by atoms with Crippen molar-refractivity contribution in [1.82, 2.24) is 20.2 Å². The first-order valence-corrected chi connectivity index (χ1v) is 9.31. The Bertz CT molecular complexity index is 1350. The van der Waals surface area contributed by atoms with E-state index in [1.54, 1.807) is 36.5 Å². The van der Waals surface area contributed by atoms with Crippen LogP contribution in [0.1, 0.15) is 12.5 Å². The molecular weight excluding hydrogens is 388 g/mol. The average Bonchev–Trinajstić information content (AvgIpc) is 3.33. The van der Waals surface area contributed by atoms with Crippen molar-refractivity contribution in [3.05, 3.63) is 72.4 Å². The van der Waals surface area contributed by atoms with Gasteiger partial charge in [-0.1, -0.05) is 18.2 Å². The Morgan fingerprint density at radius 1 is 0.967 bits per heavy atom. The minimum absolute atomic E-state index is 0.0938. The molecule has 5 aromatic rings. The van der Waals surface area contributed by atoms with Gasteiger partial charge in [-0.3, -0.25) is 5.10 Å². The molecule has 2 heterocycles. The normalized spacial score (nSPS) is 11.8. The number of nitrogens with zero attached hydrogens (tertiary/aromatic N) is 2. The molecule has 0 bridgehead atoms. The second kappa shape index (κ2) is 6.84. The van der Waals surface area contributed by atoms with Gasteiger partial charge >= 0.3 is 0 Å². The number of rotatable bonds is 5. The Balaban J connectivity index is 1.42. The van der Waals surface area contributed by atoms with Crippen LogP contribution in [-0.4, -0.2) is 20.2 Å². The highest BCUT2D eigenvalue weighted by molar-refractivity contribution is 5.81. The molecule has 0 spiro atoms. The van der Waals surface area contributed by atoms with Gasteiger partial charge in [-0.2, -0.15) is 5.10 Å². The summed E-state index contributed by atoms with van der Waals surface area (Å²) in [5.41, 5.74) is 2.50. The number of hydrogen-bond donors (Lipinski definition) is 3. The first kappa shape index (κ1) is 18.1. The summed E-state index contributed by atoms with van der Waals surface area (Å²) in [7, 11) is 0. The number of benzene rings is 3. The number of H-pyrrole nitrogens is 2. The fourth-order valence-corrected chi connectivity index (χ4v) is 3.33. The fraction of sp³-hybridized carbons (Fsp3) is 0.0909. The lowest BCUT2D eigenvalue weighted by Crippen LogP contribution is -2.10. The van der Waals surface area contributed by atoms with Crippen LogP contribution in [-0.2, 0) is 5.92 Å². The number of nitrogens with one attached hydrogen (secondary N) is 3. The van der Waals surface area contributed by atoms with E-state index in [-0.39, 0.29) is 5.56 Å². The number of alkyl halides is 2. The number of aromatic nitrogens is 4. The minimum Gasteiger partial charge on any atom is -0.457 e. The van der Waals surface area contributed by atoms with E-state index < -0.39 is 5.92 Å². The second-order valence-electron chi connectivity index (χ2n) is 7.04. The van der Waals surface area contributed by atoms with Crippen molar-refractivity contribution >= 4 is 33.6 Å². The summed E-state index contributed by atoms with van der Waals surface area (Å²) in [6, 6.07) is 17.4. The van der Waals surface area contributed by atoms with Crippen molar-refractivity contribution in [2.24, 2.45) is 0 Å². The number of halogens is 2. The van der Waals surface area contributed by atoms with Crippen molar-refractivity contribution in [3.8, 4) is 11.5 Å². The van der Waals surface area contributed by atoms with E-state index in [1.165, 1.54) is 6.07 Å². The number of para-hydroxylation sites is 1. The molecule has 3 aromatic carbocycles. The SMILES string of the molecule is CC(F)(F)c1ccccc1Nc1nc2ccc(Oc3ccc4cn[nH]c4c3)cc2[nH]1. The molecule has 0 aliphatic carbocycles. The van der Waals surface area contributed by atoms with Crippen LogP contribution in [0.3, 0.4) is 0 Å². The lowest BCUT2D eigenvalue weighted by Gasteiger charge is -2.15. The number of anilines is 2. The first-order chi connectivity index (χ1) is 14.5. The average molecular weight is 405 g/mol. The monoisotopic (exact) mass is 405 g/mol. The van der Waals surface area contributed by atoms with Gasteiger partial charge in [-0.05, 0) is 30.3 Å². The topological polar surface area (TPSA) is 78.6 Å².